The summed E-state index contributed by atoms with van der Waals surface area (Å²) in [6.07, 6.45) is 1.54. The smallest absolute Gasteiger partial charge is 0.337 e. The first kappa shape index (κ1) is 17.3. The molecule has 0 saturated heterocycles. The molecule has 0 fully saturated rings. The number of hydrogen-bond acceptors (Lipinski definition) is 4. The number of esters is 1. The van der Waals surface area contributed by atoms with Crippen molar-refractivity contribution in [1.29, 1.82) is 0 Å². The Labute approximate surface area is 153 Å². The summed E-state index contributed by atoms with van der Waals surface area (Å²) >= 11 is 3.38. The number of methoxy groups -OCH3 is 1. The molecule has 1 aliphatic rings. The third-order valence-corrected chi connectivity index (χ3v) is 4.63. The van der Waals surface area contributed by atoms with Crippen molar-refractivity contribution in [2.24, 2.45) is 0 Å². The first-order chi connectivity index (χ1) is 12.0. The van der Waals surface area contributed by atoms with Gasteiger partial charge in [-0.15, -0.1) is 0 Å². The maximum absolute atomic E-state index is 12.6. The van der Waals surface area contributed by atoms with Crippen LogP contribution in [0.3, 0.4) is 0 Å². The number of rotatable bonds is 4. The van der Waals surface area contributed by atoms with Crippen LogP contribution in [0.15, 0.2) is 62.8 Å². The Balaban J connectivity index is 2.02. The molecule has 0 aliphatic carbocycles. The molecule has 1 atom stereocenters. The van der Waals surface area contributed by atoms with Gasteiger partial charge in [0.25, 0.3) is 0 Å². The maximum atomic E-state index is 12.6. The molecule has 2 aromatic rings. The topological polar surface area (TPSA) is 71.8 Å². The van der Waals surface area contributed by atoms with Crippen LogP contribution in [0.4, 0.5) is 4.79 Å². The highest BCUT2D eigenvalue weighted by molar-refractivity contribution is 9.10. The molecule has 6 nitrogen and oxygen atoms in total. The number of urea groups is 1. The largest absolute Gasteiger partial charge is 0.467 e. The van der Waals surface area contributed by atoms with Gasteiger partial charge in [-0.1, -0.05) is 28.1 Å². The Morgan fingerprint density at radius 2 is 2.04 bits per heavy atom. The predicted octanol–water partition coefficient (Wildman–Crippen LogP) is 3.76. The van der Waals surface area contributed by atoms with Crippen molar-refractivity contribution >= 4 is 27.9 Å². The van der Waals surface area contributed by atoms with E-state index >= 15 is 0 Å². The summed E-state index contributed by atoms with van der Waals surface area (Å²) in [6, 6.07) is 10.1. The molecular formula is C18H17BrN2O4. The summed E-state index contributed by atoms with van der Waals surface area (Å²) in [5.41, 5.74) is 1.74. The van der Waals surface area contributed by atoms with Gasteiger partial charge in [-0.25, -0.2) is 9.59 Å². The molecule has 2 amide bonds. The number of hydrogen-bond donors (Lipinski definition) is 1. The first-order valence-electron chi connectivity index (χ1n) is 7.66. The Morgan fingerprint density at radius 3 is 2.64 bits per heavy atom. The van der Waals surface area contributed by atoms with Crippen LogP contribution in [0.1, 0.15) is 24.3 Å². The normalized spacial score (nSPS) is 17.5. The average Bonchev–Trinajstić information content (AvgIpc) is 3.11. The van der Waals surface area contributed by atoms with Gasteiger partial charge in [0.15, 0.2) is 0 Å². The molecule has 0 unspecified atom stereocenters. The van der Waals surface area contributed by atoms with Gasteiger partial charge in [-0.05, 0) is 36.8 Å². The number of halogens is 1. The van der Waals surface area contributed by atoms with Crippen LogP contribution in [0.5, 0.6) is 0 Å². The quantitative estimate of drug-likeness (QED) is 0.787. The number of nitrogens with zero attached hydrogens (tertiary/aromatic N) is 1. The molecule has 2 heterocycles. The summed E-state index contributed by atoms with van der Waals surface area (Å²) in [4.78, 5) is 26.5. The molecule has 130 valence electrons. The van der Waals surface area contributed by atoms with Gasteiger partial charge >= 0.3 is 12.0 Å². The fourth-order valence-electron chi connectivity index (χ4n) is 2.81. The van der Waals surface area contributed by atoms with Crippen molar-refractivity contribution in [3.05, 3.63) is 69.7 Å². The maximum Gasteiger partial charge on any atom is 0.337 e. The van der Waals surface area contributed by atoms with E-state index in [0.29, 0.717) is 17.0 Å². The van der Waals surface area contributed by atoms with Crippen molar-refractivity contribution < 1.29 is 18.7 Å². The molecule has 1 aliphatic heterocycles. The van der Waals surface area contributed by atoms with Crippen molar-refractivity contribution in [2.75, 3.05) is 7.11 Å². The highest BCUT2D eigenvalue weighted by Gasteiger charge is 2.36. The average molecular weight is 405 g/mol. The second kappa shape index (κ2) is 7.14. The zero-order valence-electron chi connectivity index (χ0n) is 13.8. The fourth-order valence-corrected chi connectivity index (χ4v) is 3.07. The van der Waals surface area contributed by atoms with Crippen molar-refractivity contribution in [3.63, 3.8) is 0 Å². The van der Waals surface area contributed by atoms with Gasteiger partial charge in [0.1, 0.15) is 5.76 Å². The number of furan rings is 1. The van der Waals surface area contributed by atoms with E-state index in [1.165, 1.54) is 12.0 Å². The lowest BCUT2D eigenvalue weighted by Gasteiger charge is -2.34. The predicted molar refractivity (Wildman–Crippen MR) is 94.4 cm³/mol. The van der Waals surface area contributed by atoms with E-state index in [0.717, 1.165) is 10.0 Å². The van der Waals surface area contributed by atoms with E-state index in [2.05, 4.69) is 21.2 Å². The van der Waals surface area contributed by atoms with Crippen LogP contribution in [0, 0.1) is 0 Å². The minimum absolute atomic E-state index is 0.234. The SMILES string of the molecule is COC(=O)C1=C(C)N(Cc2ccco2)C(=O)N[C@H]1c1ccc(Br)cc1. The van der Waals surface area contributed by atoms with E-state index in [9.17, 15) is 9.59 Å². The van der Waals surface area contributed by atoms with Gasteiger partial charge < -0.3 is 14.5 Å². The minimum atomic E-state index is -0.569. The monoisotopic (exact) mass is 404 g/mol. The highest BCUT2D eigenvalue weighted by Crippen LogP contribution is 2.32. The van der Waals surface area contributed by atoms with Crippen LogP contribution >= 0.6 is 15.9 Å². The number of allylic oxidation sites excluding steroid dienone is 1. The number of benzene rings is 1. The Morgan fingerprint density at radius 1 is 1.32 bits per heavy atom. The van der Waals surface area contributed by atoms with Gasteiger partial charge in [-0.2, -0.15) is 0 Å². The zero-order valence-corrected chi connectivity index (χ0v) is 15.4. The number of nitrogens with one attached hydrogen (secondary N) is 1. The summed E-state index contributed by atoms with van der Waals surface area (Å²) in [6.45, 7) is 1.97. The summed E-state index contributed by atoms with van der Waals surface area (Å²) < 4.78 is 11.2. The minimum Gasteiger partial charge on any atom is -0.467 e. The number of amides is 2. The van der Waals surface area contributed by atoms with Gasteiger partial charge in [0.05, 0.1) is 31.5 Å². The Kier molecular flexibility index (Phi) is 4.94. The Hall–Kier alpha value is -2.54. The summed E-state index contributed by atoms with van der Waals surface area (Å²) in [7, 11) is 1.33. The molecule has 0 bridgehead atoms. The second-order valence-electron chi connectivity index (χ2n) is 5.59. The van der Waals surface area contributed by atoms with E-state index in [1.807, 2.05) is 24.3 Å². The standard InChI is InChI=1S/C18H17BrN2O4/c1-11-15(17(22)24-2)16(12-5-7-13(19)8-6-12)20-18(23)21(11)10-14-4-3-9-25-14/h3-9,16H,10H2,1-2H3,(H,20,23)/t16-/m0/s1. The second-order valence-corrected chi connectivity index (χ2v) is 6.51. The highest BCUT2D eigenvalue weighted by atomic mass is 79.9. The van der Waals surface area contributed by atoms with E-state index in [1.54, 1.807) is 25.3 Å². The molecule has 1 N–H and O–H groups in total. The van der Waals surface area contributed by atoms with Crippen molar-refractivity contribution in [2.45, 2.75) is 19.5 Å². The van der Waals surface area contributed by atoms with Crippen LogP contribution in [-0.4, -0.2) is 24.0 Å². The molecule has 7 heteroatoms. The van der Waals surface area contributed by atoms with Gasteiger partial charge in [0.2, 0.25) is 0 Å². The van der Waals surface area contributed by atoms with Gasteiger partial charge in [-0.3, -0.25) is 4.90 Å². The van der Waals surface area contributed by atoms with Gasteiger partial charge in [0, 0.05) is 10.2 Å². The molecule has 0 radical (unpaired) electrons. The lowest BCUT2D eigenvalue weighted by molar-refractivity contribution is -0.136. The van der Waals surface area contributed by atoms with Crippen LogP contribution < -0.4 is 5.32 Å². The molecule has 1 aromatic heterocycles. The molecule has 0 saturated carbocycles. The fraction of sp³-hybridized carbons (Fsp3) is 0.222. The zero-order chi connectivity index (χ0) is 18.0. The first-order valence-corrected chi connectivity index (χ1v) is 8.45. The van der Waals surface area contributed by atoms with E-state index < -0.39 is 12.0 Å². The van der Waals surface area contributed by atoms with Crippen molar-refractivity contribution in [3.8, 4) is 0 Å². The molecule has 25 heavy (non-hydrogen) atoms. The molecular weight excluding hydrogens is 388 g/mol. The lowest BCUT2D eigenvalue weighted by atomic mass is 9.95. The molecule has 3 rings (SSSR count). The van der Waals surface area contributed by atoms with E-state index in [-0.39, 0.29) is 12.6 Å². The van der Waals surface area contributed by atoms with E-state index in [4.69, 9.17) is 9.15 Å². The number of carbonyl (C=O) groups is 2. The van der Waals surface area contributed by atoms with Crippen LogP contribution in [-0.2, 0) is 16.1 Å². The third-order valence-electron chi connectivity index (χ3n) is 4.10. The van der Waals surface area contributed by atoms with Crippen LogP contribution in [0.2, 0.25) is 0 Å². The van der Waals surface area contributed by atoms with Crippen LogP contribution in [0.25, 0.3) is 0 Å². The lowest BCUT2D eigenvalue weighted by Crippen LogP contribution is -2.47. The summed E-state index contributed by atoms with van der Waals surface area (Å²) in [5.74, 6) is 0.149. The molecule has 0 spiro atoms. The molecule has 1 aromatic carbocycles. The number of carbonyl (C=O) groups excluding carboxylic acids is 2. The third kappa shape index (κ3) is 3.46. The number of ether oxygens (including phenoxy) is 1. The Bertz CT molecular complexity index is 812. The van der Waals surface area contributed by atoms with Crippen molar-refractivity contribution in [1.82, 2.24) is 10.2 Å². The summed E-state index contributed by atoms with van der Waals surface area (Å²) in [5, 5.41) is 2.88.